The van der Waals surface area contributed by atoms with Gasteiger partial charge in [-0.3, -0.25) is 4.98 Å². The van der Waals surface area contributed by atoms with Crippen molar-refractivity contribution < 1.29 is 0 Å². The summed E-state index contributed by atoms with van der Waals surface area (Å²) in [6.45, 7) is 3.39. The predicted octanol–water partition coefficient (Wildman–Crippen LogP) is 3.29. The molecule has 1 aromatic heterocycles. The third kappa shape index (κ3) is 3.62. The molecule has 3 N–H and O–H groups in total. The minimum Gasteiger partial charge on any atom is -0.396 e. The van der Waals surface area contributed by atoms with Gasteiger partial charge in [0.1, 0.15) is 0 Å². The van der Waals surface area contributed by atoms with Gasteiger partial charge in [0, 0.05) is 12.7 Å². The molecule has 0 spiro atoms. The van der Waals surface area contributed by atoms with Crippen LogP contribution in [0.3, 0.4) is 0 Å². The Morgan fingerprint density at radius 3 is 3.12 bits per heavy atom. The van der Waals surface area contributed by atoms with E-state index in [-0.39, 0.29) is 0 Å². The number of nitrogens with zero attached hydrogens (tertiary/aromatic N) is 1. The molecule has 0 radical (unpaired) electrons. The predicted molar refractivity (Wildman–Crippen MR) is 72.9 cm³/mol. The highest BCUT2D eigenvalue weighted by atomic mass is 14.9. The summed E-state index contributed by atoms with van der Waals surface area (Å²) in [5.74, 6) is 1.81. The first-order valence-corrected chi connectivity index (χ1v) is 6.69. The first-order valence-electron chi connectivity index (χ1n) is 6.69. The molecule has 1 aromatic rings. The van der Waals surface area contributed by atoms with Crippen molar-refractivity contribution in [2.24, 2.45) is 11.8 Å². The molecule has 0 aromatic carbocycles. The van der Waals surface area contributed by atoms with E-state index in [4.69, 9.17) is 5.73 Å². The van der Waals surface area contributed by atoms with Crippen LogP contribution in [0.15, 0.2) is 18.5 Å². The van der Waals surface area contributed by atoms with Crippen LogP contribution in [-0.2, 0) is 0 Å². The van der Waals surface area contributed by atoms with Crippen LogP contribution in [0.25, 0.3) is 0 Å². The molecule has 0 bridgehead atoms. The summed E-state index contributed by atoms with van der Waals surface area (Å²) in [7, 11) is 0. The van der Waals surface area contributed by atoms with Gasteiger partial charge in [-0.05, 0) is 30.7 Å². The summed E-state index contributed by atoms with van der Waals surface area (Å²) in [4.78, 5) is 3.99. The summed E-state index contributed by atoms with van der Waals surface area (Å²) in [5.41, 5.74) is 7.59. The molecular weight excluding hydrogens is 210 g/mol. The highest BCUT2D eigenvalue weighted by Gasteiger charge is 2.18. The van der Waals surface area contributed by atoms with Gasteiger partial charge in [0.15, 0.2) is 0 Å². The molecule has 1 heterocycles. The summed E-state index contributed by atoms with van der Waals surface area (Å²) >= 11 is 0. The lowest BCUT2D eigenvalue weighted by Crippen LogP contribution is -2.16. The number of nitrogens with two attached hydrogens (primary N) is 1. The quantitative estimate of drug-likeness (QED) is 0.839. The normalized spacial score (nSPS) is 24.5. The smallest absolute Gasteiger partial charge is 0.0736 e. The molecule has 0 aliphatic heterocycles. The molecule has 0 amide bonds. The molecule has 3 heteroatoms. The Morgan fingerprint density at radius 2 is 2.35 bits per heavy atom. The number of rotatable bonds is 4. The molecule has 0 saturated heterocycles. The van der Waals surface area contributed by atoms with Crippen molar-refractivity contribution in [3.05, 3.63) is 18.5 Å². The minimum atomic E-state index is 0.740. The van der Waals surface area contributed by atoms with E-state index in [9.17, 15) is 0 Å². The molecule has 2 unspecified atom stereocenters. The second-order valence-electron chi connectivity index (χ2n) is 5.32. The van der Waals surface area contributed by atoms with E-state index in [1.165, 1.54) is 32.1 Å². The van der Waals surface area contributed by atoms with Crippen molar-refractivity contribution in [3.63, 3.8) is 0 Å². The van der Waals surface area contributed by atoms with Gasteiger partial charge in [0.2, 0.25) is 0 Å². The van der Waals surface area contributed by atoms with E-state index in [1.54, 1.807) is 12.4 Å². The van der Waals surface area contributed by atoms with Crippen LogP contribution in [0.1, 0.15) is 39.0 Å². The number of anilines is 2. The van der Waals surface area contributed by atoms with Gasteiger partial charge in [-0.1, -0.05) is 26.2 Å². The molecule has 17 heavy (non-hydrogen) atoms. The average Bonchev–Trinajstić information content (AvgIpc) is 2.32. The van der Waals surface area contributed by atoms with E-state index >= 15 is 0 Å². The molecule has 94 valence electrons. The third-order valence-electron chi connectivity index (χ3n) is 3.76. The van der Waals surface area contributed by atoms with Crippen LogP contribution in [0.5, 0.6) is 0 Å². The summed E-state index contributed by atoms with van der Waals surface area (Å²) < 4.78 is 0. The third-order valence-corrected chi connectivity index (χ3v) is 3.76. The van der Waals surface area contributed by atoms with E-state index in [2.05, 4.69) is 17.2 Å². The van der Waals surface area contributed by atoms with Crippen molar-refractivity contribution in [1.82, 2.24) is 4.98 Å². The van der Waals surface area contributed by atoms with Crippen molar-refractivity contribution in [1.29, 1.82) is 0 Å². The van der Waals surface area contributed by atoms with Crippen molar-refractivity contribution in [2.75, 3.05) is 17.6 Å². The van der Waals surface area contributed by atoms with Gasteiger partial charge in [0.25, 0.3) is 0 Å². The second-order valence-corrected chi connectivity index (χ2v) is 5.32. The maximum Gasteiger partial charge on any atom is 0.0736 e. The topological polar surface area (TPSA) is 50.9 Å². The van der Waals surface area contributed by atoms with Gasteiger partial charge in [-0.25, -0.2) is 0 Å². The lowest BCUT2D eigenvalue weighted by Gasteiger charge is -2.26. The Labute approximate surface area is 104 Å². The Kier molecular flexibility index (Phi) is 4.24. The molecule has 1 aliphatic carbocycles. The van der Waals surface area contributed by atoms with E-state index in [0.717, 1.165) is 29.8 Å². The van der Waals surface area contributed by atoms with E-state index in [1.807, 2.05) is 6.07 Å². The molecule has 1 saturated carbocycles. The monoisotopic (exact) mass is 233 g/mol. The number of hydrogen-bond acceptors (Lipinski definition) is 3. The summed E-state index contributed by atoms with van der Waals surface area (Å²) in [6.07, 6.45) is 10.4. The van der Waals surface area contributed by atoms with Crippen molar-refractivity contribution >= 4 is 11.4 Å². The standard InChI is InChI=1S/C14H23N3/c1-11-3-2-4-12(9-11)5-8-17-14-6-7-16-10-13(14)15/h6-7,10-12H,2-5,8-9,15H2,1H3,(H,16,17). The second kappa shape index (κ2) is 5.89. The molecule has 1 aliphatic rings. The van der Waals surface area contributed by atoms with Gasteiger partial charge < -0.3 is 11.1 Å². The highest BCUT2D eigenvalue weighted by molar-refractivity contribution is 5.64. The van der Waals surface area contributed by atoms with Gasteiger partial charge >= 0.3 is 0 Å². The zero-order chi connectivity index (χ0) is 12.1. The number of nitrogen functional groups attached to an aromatic ring is 1. The zero-order valence-electron chi connectivity index (χ0n) is 10.7. The fourth-order valence-electron chi connectivity index (χ4n) is 2.80. The Balaban J connectivity index is 1.74. The van der Waals surface area contributed by atoms with Crippen LogP contribution in [0.2, 0.25) is 0 Å². The number of aromatic nitrogens is 1. The molecule has 3 nitrogen and oxygen atoms in total. The average molecular weight is 233 g/mol. The fourth-order valence-corrected chi connectivity index (χ4v) is 2.80. The maximum absolute atomic E-state index is 5.84. The van der Waals surface area contributed by atoms with Crippen LogP contribution in [0, 0.1) is 11.8 Å². The molecular formula is C14H23N3. The molecule has 2 atom stereocenters. The van der Waals surface area contributed by atoms with Gasteiger partial charge in [-0.2, -0.15) is 0 Å². The van der Waals surface area contributed by atoms with Crippen LogP contribution < -0.4 is 11.1 Å². The summed E-state index contributed by atoms with van der Waals surface area (Å²) in [5, 5.41) is 3.41. The zero-order valence-corrected chi connectivity index (χ0v) is 10.7. The molecule has 1 fully saturated rings. The van der Waals surface area contributed by atoms with E-state index < -0.39 is 0 Å². The number of hydrogen-bond donors (Lipinski definition) is 2. The number of pyridine rings is 1. The SMILES string of the molecule is CC1CCCC(CCNc2ccncc2N)C1. The lowest BCUT2D eigenvalue weighted by molar-refractivity contribution is 0.274. The Morgan fingerprint density at radius 1 is 1.47 bits per heavy atom. The maximum atomic E-state index is 5.84. The van der Waals surface area contributed by atoms with Gasteiger partial charge in [0.05, 0.1) is 17.6 Å². The van der Waals surface area contributed by atoms with Gasteiger partial charge in [-0.15, -0.1) is 0 Å². The fraction of sp³-hybridized carbons (Fsp3) is 0.643. The number of nitrogens with one attached hydrogen (secondary N) is 1. The van der Waals surface area contributed by atoms with Crippen molar-refractivity contribution in [3.8, 4) is 0 Å². The summed E-state index contributed by atoms with van der Waals surface area (Å²) in [6, 6.07) is 1.94. The van der Waals surface area contributed by atoms with Crippen LogP contribution >= 0.6 is 0 Å². The first kappa shape index (κ1) is 12.2. The Hall–Kier alpha value is -1.25. The Bertz CT molecular complexity index is 351. The highest BCUT2D eigenvalue weighted by Crippen LogP contribution is 2.30. The van der Waals surface area contributed by atoms with E-state index in [0.29, 0.717) is 0 Å². The largest absolute Gasteiger partial charge is 0.396 e. The first-order chi connectivity index (χ1) is 8.25. The minimum absolute atomic E-state index is 0.740. The van der Waals surface area contributed by atoms with Crippen LogP contribution in [-0.4, -0.2) is 11.5 Å². The van der Waals surface area contributed by atoms with Crippen molar-refractivity contribution in [2.45, 2.75) is 39.0 Å². The van der Waals surface area contributed by atoms with Crippen LogP contribution in [0.4, 0.5) is 11.4 Å². The molecule has 2 rings (SSSR count). The lowest BCUT2D eigenvalue weighted by atomic mass is 9.81.